The quantitative estimate of drug-likeness (QED) is 0.419. The van der Waals surface area contributed by atoms with Crippen molar-refractivity contribution in [3.8, 4) is 0 Å². The number of fused-ring (bicyclic) bond motifs is 1. The highest BCUT2D eigenvalue weighted by Gasteiger charge is 2.15. The summed E-state index contributed by atoms with van der Waals surface area (Å²) >= 11 is 0. The van der Waals surface area contributed by atoms with E-state index in [1.54, 1.807) is 0 Å². The lowest BCUT2D eigenvalue weighted by Gasteiger charge is -2.18. The number of hydrogen-bond donors (Lipinski definition) is 2. The zero-order valence-electron chi connectivity index (χ0n) is 18.7. The SMILES string of the molecule is Cc1nc(Nc2ccc(NC(=O)Cc3cccc4ccccc34)cc2)cc(N2CCCC2)n1. The lowest BCUT2D eigenvalue weighted by atomic mass is 10.0. The van der Waals surface area contributed by atoms with Crippen LogP contribution in [0.5, 0.6) is 0 Å². The number of carbonyl (C=O) groups excluding carboxylic acids is 1. The molecule has 0 unspecified atom stereocenters. The first-order chi connectivity index (χ1) is 16.1. The Hall–Kier alpha value is -3.93. The van der Waals surface area contributed by atoms with Gasteiger partial charge in [0, 0.05) is 30.5 Å². The van der Waals surface area contributed by atoms with E-state index in [-0.39, 0.29) is 5.91 Å². The second-order valence-electron chi connectivity index (χ2n) is 8.42. The number of rotatable bonds is 6. The second kappa shape index (κ2) is 9.28. The Morgan fingerprint density at radius 1 is 0.909 bits per heavy atom. The highest BCUT2D eigenvalue weighted by Crippen LogP contribution is 2.24. The van der Waals surface area contributed by atoms with Gasteiger partial charge >= 0.3 is 0 Å². The van der Waals surface area contributed by atoms with Crippen molar-refractivity contribution in [2.45, 2.75) is 26.2 Å². The maximum atomic E-state index is 12.7. The number of nitrogens with zero attached hydrogens (tertiary/aromatic N) is 3. The summed E-state index contributed by atoms with van der Waals surface area (Å²) in [6, 6.07) is 23.9. The van der Waals surface area contributed by atoms with Crippen LogP contribution >= 0.6 is 0 Å². The average Bonchev–Trinajstić information content (AvgIpc) is 3.35. The van der Waals surface area contributed by atoms with Gasteiger partial charge in [0.05, 0.1) is 6.42 Å². The van der Waals surface area contributed by atoms with Crippen molar-refractivity contribution in [3.63, 3.8) is 0 Å². The minimum Gasteiger partial charge on any atom is -0.356 e. The molecule has 1 saturated heterocycles. The van der Waals surface area contributed by atoms with Gasteiger partial charge in [-0.1, -0.05) is 42.5 Å². The molecule has 1 aromatic heterocycles. The number of nitrogens with one attached hydrogen (secondary N) is 2. The Balaban J connectivity index is 1.24. The number of aryl methyl sites for hydroxylation is 1. The molecule has 2 N–H and O–H groups in total. The summed E-state index contributed by atoms with van der Waals surface area (Å²) in [6.45, 7) is 4.01. The van der Waals surface area contributed by atoms with Crippen molar-refractivity contribution in [2.24, 2.45) is 0 Å². The molecule has 6 heteroatoms. The second-order valence-corrected chi connectivity index (χ2v) is 8.42. The first kappa shape index (κ1) is 20.9. The lowest BCUT2D eigenvalue weighted by Crippen LogP contribution is -2.19. The third kappa shape index (κ3) is 4.95. The molecule has 6 nitrogen and oxygen atoms in total. The topological polar surface area (TPSA) is 70.2 Å². The molecule has 0 saturated carbocycles. The number of aromatic nitrogens is 2. The van der Waals surface area contributed by atoms with Gasteiger partial charge < -0.3 is 15.5 Å². The molecule has 1 aliphatic heterocycles. The van der Waals surface area contributed by atoms with Crippen LogP contribution in [-0.4, -0.2) is 29.0 Å². The largest absolute Gasteiger partial charge is 0.356 e. The molecular weight excluding hydrogens is 410 g/mol. The minimum atomic E-state index is -0.0336. The monoisotopic (exact) mass is 437 g/mol. The fourth-order valence-corrected chi connectivity index (χ4v) is 4.33. The summed E-state index contributed by atoms with van der Waals surface area (Å²) in [4.78, 5) is 24.1. The van der Waals surface area contributed by atoms with Crippen LogP contribution in [0.15, 0.2) is 72.8 Å². The van der Waals surface area contributed by atoms with E-state index in [9.17, 15) is 4.79 Å². The van der Waals surface area contributed by atoms with E-state index in [1.807, 2.05) is 61.5 Å². The van der Waals surface area contributed by atoms with E-state index in [2.05, 4.69) is 43.7 Å². The Morgan fingerprint density at radius 3 is 2.45 bits per heavy atom. The van der Waals surface area contributed by atoms with E-state index >= 15 is 0 Å². The summed E-state index contributed by atoms with van der Waals surface area (Å²) in [7, 11) is 0. The molecule has 1 amide bonds. The fourth-order valence-electron chi connectivity index (χ4n) is 4.33. The van der Waals surface area contributed by atoms with Crippen LogP contribution in [-0.2, 0) is 11.2 Å². The van der Waals surface area contributed by atoms with Crippen LogP contribution in [0.25, 0.3) is 10.8 Å². The van der Waals surface area contributed by atoms with Crippen molar-refractivity contribution in [1.82, 2.24) is 9.97 Å². The van der Waals surface area contributed by atoms with Crippen molar-refractivity contribution < 1.29 is 4.79 Å². The van der Waals surface area contributed by atoms with Crippen molar-refractivity contribution >= 4 is 39.7 Å². The van der Waals surface area contributed by atoms with Crippen LogP contribution < -0.4 is 15.5 Å². The molecule has 0 bridgehead atoms. The summed E-state index contributed by atoms with van der Waals surface area (Å²) in [5, 5.41) is 8.62. The van der Waals surface area contributed by atoms with E-state index in [1.165, 1.54) is 12.8 Å². The third-order valence-electron chi connectivity index (χ3n) is 5.93. The van der Waals surface area contributed by atoms with Crippen molar-refractivity contribution in [3.05, 3.63) is 84.2 Å². The number of anilines is 4. The molecule has 0 atom stereocenters. The highest BCUT2D eigenvalue weighted by atomic mass is 16.1. The molecule has 0 spiro atoms. The van der Waals surface area contributed by atoms with Crippen molar-refractivity contribution in [2.75, 3.05) is 28.6 Å². The van der Waals surface area contributed by atoms with Gasteiger partial charge in [-0.05, 0) is 60.4 Å². The number of hydrogen-bond acceptors (Lipinski definition) is 5. The molecule has 1 aliphatic rings. The third-order valence-corrected chi connectivity index (χ3v) is 5.93. The normalized spacial score (nSPS) is 13.3. The zero-order valence-corrected chi connectivity index (χ0v) is 18.7. The van der Waals surface area contributed by atoms with Gasteiger partial charge in [-0.2, -0.15) is 0 Å². The Morgan fingerprint density at radius 2 is 1.64 bits per heavy atom. The molecule has 0 radical (unpaired) electrons. The molecule has 33 heavy (non-hydrogen) atoms. The Labute approximate surface area is 193 Å². The number of benzene rings is 3. The summed E-state index contributed by atoms with van der Waals surface area (Å²) in [5.74, 6) is 2.46. The average molecular weight is 438 g/mol. The van der Waals surface area contributed by atoms with Gasteiger partial charge in [-0.3, -0.25) is 4.79 Å². The number of carbonyl (C=O) groups is 1. The van der Waals surface area contributed by atoms with Crippen LogP contribution in [0.3, 0.4) is 0 Å². The van der Waals surface area contributed by atoms with E-state index < -0.39 is 0 Å². The van der Waals surface area contributed by atoms with Crippen LogP contribution in [0.2, 0.25) is 0 Å². The van der Waals surface area contributed by atoms with Crippen molar-refractivity contribution in [1.29, 1.82) is 0 Å². The summed E-state index contributed by atoms with van der Waals surface area (Å²) in [5.41, 5.74) is 2.70. The van der Waals surface area contributed by atoms with Crippen LogP contribution in [0.4, 0.5) is 23.0 Å². The van der Waals surface area contributed by atoms with Gasteiger partial charge in [0.15, 0.2) is 0 Å². The van der Waals surface area contributed by atoms with Crippen LogP contribution in [0, 0.1) is 6.92 Å². The standard InChI is InChI=1S/C27H27N5O/c1-19-28-25(18-26(29-19)32-15-4-5-16-32)30-22-11-13-23(14-12-22)31-27(33)17-21-9-6-8-20-7-2-3-10-24(20)21/h2-3,6-14,18H,4-5,15-17H2,1H3,(H,31,33)(H,28,29,30). The number of amides is 1. The maximum Gasteiger partial charge on any atom is 0.228 e. The maximum absolute atomic E-state index is 12.7. The molecule has 166 valence electrons. The van der Waals surface area contributed by atoms with E-state index in [4.69, 9.17) is 0 Å². The summed E-state index contributed by atoms with van der Waals surface area (Å²) < 4.78 is 0. The van der Waals surface area contributed by atoms with Gasteiger partial charge in [-0.15, -0.1) is 0 Å². The molecule has 5 rings (SSSR count). The smallest absolute Gasteiger partial charge is 0.228 e. The predicted molar refractivity (Wildman–Crippen MR) is 134 cm³/mol. The van der Waals surface area contributed by atoms with Gasteiger partial charge in [0.1, 0.15) is 17.5 Å². The summed E-state index contributed by atoms with van der Waals surface area (Å²) in [6.07, 6.45) is 2.75. The molecular formula is C27H27N5O. The van der Waals surface area contributed by atoms with Gasteiger partial charge in [-0.25, -0.2) is 9.97 Å². The molecule has 4 aromatic rings. The van der Waals surface area contributed by atoms with Crippen LogP contribution in [0.1, 0.15) is 24.2 Å². The lowest BCUT2D eigenvalue weighted by molar-refractivity contribution is -0.115. The first-order valence-electron chi connectivity index (χ1n) is 11.4. The predicted octanol–water partition coefficient (Wildman–Crippen LogP) is 5.46. The Kier molecular flexibility index (Phi) is 5.89. The fraction of sp³-hybridized carbons (Fsp3) is 0.222. The first-order valence-corrected chi connectivity index (χ1v) is 11.4. The minimum absolute atomic E-state index is 0.0336. The molecule has 3 aromatic carbocycles. The molecule has 1 fully saturated rings. The van der Waals surface area contributed by atoms with Gasteiger partial charge in [0.25, 0.3) is 0 Å². The Bertz CT molecular complexity index is 1270. The zero-order chi connectivity index (χ0) is 22.6. The van der Waals surface area contributed by atoms with E-state index in [0.29, 0.717) is 6.42 Å². The highest BCUT2D eigenvalue weighted by molar-refractivity contribution is 5.96. The van der Waals surface area contributed by atoms with Gasteiger partial charge in [0.2, 0.25) is 5.91 Å². The van der Waals surface area contributed by atoms with E-state index in [0.717, 1.165) is 58.3 Å². The molecule has 0 aliphatic carbocycles. The molecule has 2 heterocycles.